The highest BCUT2D eigenvalue weighted by molar-refractivity contribution is 7.10. The Bertz CT molecular complexity index is 1040. The summed E-state index contributed by atoms with van der Waals surface area (Å²) in [6, 6.07) is 20.2. The Kier molecular flexibility index (Phi) is 8.22. The van der Waals surface area contributed by atoms with Gasteiger partial charge in [-0.1, -0.05) is 50.2 Å². The summed E-state index contributed by atoms with van der Waals surface area (Å²) in [5, 5.41) is 7.84. The van der Waals surface area contributed by atoms with Crippen molar-refractivity contribution in [1.29, 1.82) is 0 Å². The Morgan fingerprint density at radius 1 is 1.00 bits per heavy atom. The molecule has 1 heterocycles. The maximum absolute atomic E-state index is 13.3. The molecule has 1 aromatic heterocycles. The number of carbonyl (C=O) groups excluding carboxylic acids is 2. The fraction of sp³-hybridized carbons (Fsp3) is 0.231. The molecule has 0 fully saturated rings. The second-order valence-corrected chi connectivity index (χ2v) is 8.80. The van der Waals surface area contributed by atoms with Crippen LogP contribution >= 0.6 is 11.3 Å². The normalized spacial score (nSPS) is 12.3. The van der Waals surface area contributed by atoms with Gasteiger partial charge in [-0.15, -0.1) is 11.3 Å². The summed E-state index contributed by atoms with van der Waals surface area (Å²) in [7, 11) is 1.62. The van der Waals surface area contributed by atoms with Gasteiger partial charge < -0.3 is 15.4 Å². The van der Waals surface area contributed by atoms with E-state index in [1.54, 1.807) is 37.5 Å². The molecule has 0 spiro atoms. The van der Waals surface area contributed by atoms with Gasteiger partial charge in [-0.05, 0) is 59.7 Å². The molecule has 0 bridgehead atoms. The molecule has 0 unspecified atom stereocenters. The van der Waals surface area contributed by atoms with Crippen LogP contribution in [0.25, 0.3) is 6.08 Å². The average molecular weight is 449 g/mol. The van der Waals surface area contributed by atoms with E-state index in [0.29, 0.717) is 11.5 Å². The van der Waals surface area contributed by atoms with Gasteiger partial charge >= 0.3 is 0 Å². The molecule has 6 heteroatoms. The summed E-state index contributed by atoms with van der Waals surface area (Å²) < 4.78 is 5.25. The van der Waals surface area contributed by atoms with Crippen LogP contribution in [-0.4, -0.2) is 18.9 Å². The third-order valence-electron chi connectivity index (χ3n) is 4.89. The Hall–Kier alpha value is -3.38. The third kappa shape index (κ3) is 6.56. The molecule has 0 aliphatic carbocycles. The van der Waals surface area contributed by atoms with Crippen molar-refractivity contribution in [2.45, 2.75) is 26.3 Å². The number of nitrogens with one attached hydrogen (secondary N) is 2. The highest BCUT2D eigenvalue weighted by Gasteiger charge is 2.21. The quantitative estimate of drug-likeness (QED) is 0.429. The number of hydrogen-bond donors (Lipinski definition) is 2. The van der Waals surface area contributed by atoms with E-state index in [1.807, 2.05) is 47.8 Å². The van der Waals surface area contributed by atoms with Crippen molar-refractivity contribution in [3.63, 3.8) is 0 Å². The van der Waals surface area contributed by atoms with Crippen molar-refractivity contribution in [3.05, 3.63) is 93.8 Å². The van der Waals surface area contributed by atoms with Crippen molar-refractivity contribution >= 4 is 29.2 Å². The van der Waals surface area contributed by atoms with E-state index in [2.05, 4.69) is 24.5 Å². The van der Waals surface area contributed by atoms with Gasteiger partial charge in [0.1, 0.15) is 11.4 Å². The molecule has 0 saturated carbocycles. The van der Waals surface area contributed by atoms with Crippen LogP contribution in [0.3, 0.4) is 0 Å². The Labute approximate surface area is 193 Å². The average Bonchev–Trinajstić information content (AvgIpc) is 3.31. The molecule has 3 rings (SSSR count). The molecular formula is C26H28N2O3S. The summed E-state index contributed by atoms with van der Waals surface area (Å²) in [6.45, 7) is 4.23. The first-order chi connectivity index (χ1) is 15.5. The minimum atomic E-state index is -0.329. The van der Waals surface area contributed by atoms with E-state index in [-0.39, 0.29) is 23.6 Å². The minimum Gasteiger partial charge on any atom is -0.497 e. The minimum absolute atomic E-state index is 0.200. The highest BCUT2D eigenvalue weighted by atomic mass is 32.1. The molecule has 0 aliphatic rings. The van der Waals surface area contributed by atoms with Gasteiger partial charge in [-0.2, -0.15) is 0 Å². The monoisotopic (exact) mass is 448 g/mol. The van der Waals surface area contributed by atoms with Crippen LogP contribution < -0.4 is 15.4 Å². The summed E-state index contributed by atoms with van der Waals surface area (Å²) >= 11 is 1.50. The second kappa shape index (κ2) is 11.3. The molecule has 1 atom stereocenters. The second-order valence-electron chi connectivity index (χ2n) is 7.82. The zero-order valence-corrected chi connectivity index (χ0v) is 19.3. The predicted octanol–water partition coefficient (Wildman–Crippen LogP) is 5.43. The fourth-order valence-electron chi connectivity index (χ4n) is 3.28. The van der Waals surface area contributed by atoms with Gasteiger partial charge in [-0.3, -0.25) is 9.59 Å². The van der Waals surface area contributed by atoms with Gasteiger partial charge in [0.2, 0.25) is 0 Å². The first kappa shape index (κ1) is 23.3. The van der Waals surface area contributed by atoms with Crippen molar-refractivity contribution in [3.8, 4) is 5.75 Å². The van der Waals surface area contributed by atoms with Gasteiger partial charge in [-0.25, -0.2) is 0 Å². The lowest BCUT2D eigenvalue weighted by atomic mass is 9.96. The number of benzene rings is 2. The van der Waals surface area contributed by atoms with E-state index in [1.165, 1.54) is 11.3 Å². The number of hydrogen-bond acceptors (Lipinski definition) is 4. The van der Waals surface area contributed by atoms with Crippen LogP contribution in [0.15, 0.2) is 77.8 Å². The van der Waals surface area contributed by atoms with Crippen LogP contribution in [-0.2, 0) is 4.79 Å². The van der Waals surface area contributed by atoms with Gasteiger partial charge in [0.05, 0.1) is 13.2 Å². The van der Waals surface area contributed by atoms with Crippen molar-refractivity contribution in [1.82, 2.24) is 10.6 Å². The first-order valence-electron chi connectivity index (χ1n) is 10.5. The lowest BCUT2D eigenvalue weighted by molar-refractivity contribution is -0.118. The molecule has 32 heavy (non-hydrogen) atoms. The highest BCUT2D eigenvalue weighted by Crippen LogP contribution is 2.24. The number of thiophene rings is 1. The van der Waals surface area contributed by atoms with Gasteiger partial charge in [0, 0.05) is 10.4 Å². The molecule has 2 aromatic carbocycles. The van der Waals surface area contributed by atoms with E-state index in [0.717, 1.165) is 22.6 Å². The summed E-state index contributed by atoms with van der Waals surface area (Å²) in [6.07, 6.45) is 2.47. The van der Waals surface area contributed by atoms with E-state index >= 15 is 0 Å². The molecule has 166 valence electrons. The van der Waals surface area contributed by atoms with Crippen LogP contribution in [0.1, 0.15) is 47.1 Å². The lowest BCUT2D eigenvalue weighted by Gasteiger charge is -2.22. The van der Waals surface area contributed by atoms with Crippen molar-refractivity contribution in [2.24, 2.45) is 5.92 Å². The molecule has 5 nitrogen and oxygen atoms in total. The van der Waals surface area contributed by atoms with Crippen LogP contribution in [0.2, 0.25) is 0 Å². The molecule has 2 N–H and O–H groups in total. The Morgan fingerprint density at radius 3 is 2.31 bits per heavy atom. The van der Waals surface area contributed by atoms with E-state index in [9.17, 15) is 9.59 Å². The molecule has 0 radical (unpaired) electrons. The Morgan fingerprint density at radius 2 is 1.72 bits per heavy atom. The Balaban J connectivity index is 1.85. The maximum Gasteiger partial charge on any atom is 0.268 e. The summed E-state index contributed by atoms with van der Waals surface area (Å²) in [5.74, 6) is 0.473. The SMILES string of the molecule is COc1ccc([C@@H](CC(C)C)NC(=O)/C(=C/c2cccs2)NC(=O)c2ccccc2)cc1. The lowest BCUT2D eigenvalue weighted by Crippen LogP contribution is -2.37. The first-order valence-corrected chi connectivity index (χ1v) is 11.4. The molecule has 0 saturated heterocycles. The van der Waals surface area contributed by atoms with E-state index in [4.69, 9.17) is 4.74 Å². The standard InChI is InChI=1S/C26H28N2O3S/c1-18(2)16-23(19-11-13-21(31-3)14-12-19)27-26(30)24(17-22-10-7-15-32-22)28-25(29)20-8-5-4-6-9-20/h4-15,17-18,23H,16H2,1-3H3,(H,27,30)(H,28,29)/b24-17-/t23-/m1/s1. The third-order valence-corrected chi connectivity index (χ3v) is 5.71. The maximum atomic E-state index is 13.3. The molecule has 2 amide bonds. The molecule has 0 aliphatic heterocycles. The summed E-state index contributed by atoms with van der Waals surface area (Å²) in [4.78, 5) is 26.9. The molecular weight excluding hydrogens is 420 g/mol. The predicted molar refractivity (Wildman–Crippen MR) is 130 cm³/mol. The smallest absolute Gasteiger partial charge is 0.268 e. The number of methoxy groups -OCH3 is 1. The van der Waals surface area contributed by atoms with E-state index < -0.39 is 0 Å². The zero-order chi connectivity index (χ0) is 22.9. The van der Waals surface area contributed by atoms with Crippen molar-refractivity contribution in [2.75, 3.05) is 7.11 Å². The van der Waals surface area contributed by atoms with Crippen LogP contribution in [0, 0.1) is 5.92 Å². The number of amides is 2. The molecule has 3 aromatic rings. The number of rotatable bonds is 9. The van der Waals surface area contributed by atoms with Crippen LogP contribution in [0.4, 0.5) is 0 Å². The summed E-state index contributed by atoms with van der Waals surface area (Å²) in [5.41, 5.74) is 1.69. The van der Waals surface area contributed by atoms with Gasteiger partial charge in [0.25, 0.3) is 11.8 Å². The van der Waals surface area contributed by atoms with Crippen LogP contribution in [0.5, 0.6) is 5.75 Å². The zero-order valence-electron chi connectivity index (χ0n) is 18.5. The van der Waals surface area contributed by atoms with Crippen molar-refractivity contribution < 1.29 is 14.3 Å². The largest absolute Gasteiger partial charge is 0.497 e. The fourth-order valence-corrected chi connectivity index (χ4v) is 3.94. The topological polar surface area (TPSA) is 67.4 Å². The number of carbonyl (C=O) groups is 2. The van der Waals surface area contributed by atoms with Gasteiger partial charge in [0.15, 0.2) is 0 Å². The number of ether oxygens (including phenoxy) is 1.